The zero-order valence-electron chi connectivity index (χ0n) is 10.3. The van der Waals surface area contributed by atoms with E-state index < -0.39 is 24.6 Å². The topological polar surface area (TPSA) is 108 Å². The highest BCUT2D eigenvalue weighted by molar-refractivity contribution is 9.11. The summed E-state index contributed by atoms with van der Waals surface area (Å²) in [6.45, 7) is -0.396. The minimum absolute atomic E-state index is 0.396. The molecule has 1 aromatic carbocycles. The zero-order chi connectivity index (χ0) is 15.3. The number of urea groups is 1. The summed E-state index contributed by atoms with van der Waals surface area (Å²) in [5.74, 6) is -0.883. The van der Waals surface area contributed by atoms with Crippen molar-refractivity contribution in [3.05, 3.63) is 21.1 Å². The number of ether oxygens (including phenoxy) is 1. The summed E-state index contributed by atoms with van der Waals surface area (Å²) in [4.78, 5) is 22.0. The van der Waals surface area contributed by atoms with Crippen molar-refractivity contribution in [2.24, 2.45) is 0 Å². The molecule has 2 amide bonds. The van der Waals surface area contributed by atoms with Crippen LogP contribution < -0.4 is 15.4 Å². The molecule has 1 aromatic rings. The molecule has 1 rings (SSSR count). The van der Waals surface area contributed by atoms with Crippen LogP contribution in [0.25, 0.3) is 0 Å². The number of carboxylic acids is 1. The van der Waals surface area contributed by atoms with Crippen LogP contribution in [0.15, 0.2) is 21.1 Å². The lowest BCUT2D eigenvalue weighted by Crippen LogP contribution is -2.38. The van der Waals surface area contributed by atoms with Gasteiger partial charge in [0.15, 0.2) is 6.10 Å². The van der Waals surface area contributed by atoms with Crippen LogP contribution in [0.1, 0.15) is 0 Å². The first kappa shape index (κ1) is 16.7. The summed E-state index contributed by atoms with van der Waals surface area (Å²) in [6, 6.07) is 2.64. The van der Waals surface area contributed by atoms with Gasteiger partial charge in [-0.3, -0.25) is 0 Å². The monoisotopic (exact) mass is 410 g/mol. The molecule has 0 fully saturated rings. The van der Waals surface area contributed by atoms with Gasteiger partial charge >= 0.3 is 12.0 Å². The number of nitrogens with one attached hydrogen (secondary N) is 2. The average Bonchev–Trinajstić information content (AvgIpc) is 2.38. The van der Waals surface area contributed by atoms with Crippen LogP contribution in [0.5, 0.6) is 5.75 Å². The zero-order valence-corrected chi connectivity index (χ0v) is 13.5. The fraction of sp³-hybridized carbons (Fsp3) is 0.273. The fourth-order valence-electron chi connectivity index (χ4n) is 1.22. The fourth-order valence-corrected chi connectivity index (χ4v) is 2.48. The highest BCUT2D eigenvalue weighted by Crippen LogP contribution is 2.34. The Labute approximate surface area is 131 Å². The molecule has 0 unspecified atom stereocenters. The van der Waals surface area contributed by atoms with E-state index in [2.05, 4.69) is 42.5 Å². The van der Waals surface area contributed by atoms with Gasteiger partial charge in [-0.15, -0.1) is 0 Å². The molecule has 20 heavy (non-hydrogen) atoms. The van der Waals surface area contributed by atoms with Crippen LogP contribution >= 0.6 is 31.9 Å². The molecule has 7 nitrogen and oxygen atoms in total. The van der Waals surface area contributed by atoms with E-state index >= 15 is 0 Å². The van der Waals surface area contributed by atoms with Crippen LogP contribution in [-0.2, 0) is 4.79 Å². The molecular weight excluding hydrogens is 400 g/mol. The number of amides is 2. The van der Waals surface area contributed by atoms with Gasteiger partial charge in [0.25, 0.3) is 0 Å². The smallest absolute Gasteiger partial charge is 0.334 e. The molecule has 9 heteroatoms. The van der Waals surface area contributed by atoms with Crippen molar-refractivity contribution >= 4 is 49.5 Å². The second kappa shape index (κ2) is 7.46. The Bertz CT molecular complexity index is 524. The number of anilines is 1. The third kappa shape index (κ3) is 4.66. The van der Waals surface area contributed by atoms with Gasteiger partial charge in [-0.05, 0) is 37.9 Å². The van der Waals surface area contributed by atoms with E-state index in [1.807, 2.05) is 0 Å². The Morgan fingerprint density at radius 3 is 2.55 bits per heavy atom. The highest BCUT2D eigenvalue weighted by atomic mass is 79.9. The highest BCUT2D eigenvalue weighted by Gasteiger charge is 2.15. The molecule has 0 heterocycles. The van der Waals surface area contributed by atoms with Gasteiger partial charge in [0.2, 0.25) is 0 Å². The van der Waals surface area contributed by atoms with Gasteiger partial charge in [0.05, 0.1) is 23.8 Å². The molecule has 110 valence electrons. The molecule has 0 saturated carbocycles. The molecule has 0 aliphatic heterocycles. The summed E-state index contributed by atoms with van der Waals surface area (Å²) >= 11 is 6.56. The maximum atomic E-state index is 11.6. The lowest BCUT2D eigenvalue weighted by atomic mass is 10.3. The third-order valence-electron chi connectivity index (χ3n) is 2.23. The molecule has 0 radical (unpaired) electrons. The number of hydrogen-bond donors (Lipinski definition) is 4. The number of carboxylic acid groups (broad SMARTS) is 1. The second-order valence-electron chi connectivity index (χ2n) is 3.66. The maximum absolute atomic E-state index is 11.6. The number of aliphatic hydroxyl groups excluding tert-OH is 1. The number of methoxy groups -OCH3 is 1. The standard InChI is InChI=1S/C11H12Br2N2O5/c1-20-9-3-7(5(12)2-6(9)13)15-11(19)14-4-8(16)10(17)18/h2-3,8,16H,4H2,1H3,(H,17,18)(H2,14,15,19)/t8-/m0/s1. The Kier molecular flexibility index (Phi) is 6.24. The Morgan fingerprint density at radius 1 is 1.35 bits per heavy atom. The van der Waals surface area contributed by atoms with Gasteiger partial charge in [-0.1, -0.05) is 0 Å². The van der Waals surface area contributed by atoms with Crippen molar-refractivity contribution < 1.29 is 24.5 Å². The van der Waals surface area contributed by atoms with Gasteiger partial charge < -0.3 is 25.6 Å². The Hall–Kier alpha value is -1.32. The van der Waals surface area contributed by atoms with E-state index in [1.165, 1.54) is 7.11 Å². The van der Waals surface area contributed by atoms with Crippen molar-refractivity contribution in [3.8, 4) is 5.75 Å². The summed E-state index contributed by atoms with van der Waals surface area (Å²) in [5, 5.41) is 22.3. The van der Waals surface area contributed by atoms with Gasteiger partial charge in [-0.2, -0.15) is 0 Å². The van der Waals surface area contributed by atoms with Crippen LogP contribution in [0.3, 0.4) is 0 Å². The molecule has 0 aromatic heterocycles. The number of aliphatic hydroxyl groups is 1. The van der Waals surface area contributed by atoms with E-state index in [1.54, 1.807) is 12.1 Å². The van der Waals surface area contributed by atoms with Crippen LogP contribution in [-0.4, -0.2) is 42.0 Å². The average molecular weight is 412 g/mol. The molecule has 0 saturated heterocycles. The Morgan fingerprint density at radius 2 is 2.00 bits per heavy atom. The summed E-state index contributed by atoms with van der Waals surface area (Å²) in [5.41, 5.74) is 0.437. The van der Waals surface area contributed by atoms with Crippen molar-refractivity contribution in [2.75, 3.05) is 19.0 Å². The van der Waals surface area contributed by atoms with E-state index in [4.69, 9.17) is 14.9 Å². The molecule has 0 aliphatic rings. The van der Waals surface area contributed by atoms with Gasteiger partial charge in [0.1, 0.15) is 5.75 Å². The van der Waals surface area contributed by atoms with Crippen molar-refractivity contribution in [1.82, 2.24) is 5.32 Å². The largest absolute Gasteiger partial charge is 0.495 e. The minimum Gasteiger partial charge on any atom is -0.495 e. The number of halogens is 2. The first-order chi connectivity index (χ1) is 9.35. The molecule has 0 bridgehead atoms. The number of carbonyl (C=O) groups is 2. The van der Waals surface area contributed by atoms with Gasteiger partial charge in [0, 0.05) is 10.5 Å². The van der Waals surface area contributed by atoms with E-state index in [-0.39, 0.29) is 0 Å². The normalized spacial score (nSPS) is 11.6. The number of benzene rings is 1. The first-order valence-corrected chi connectivity index (χ1v) is 6.92. The molecule has 0 spiro atoms. The summed E-state index contributed by atoms with van der Waals surface area (Å²) < 4.78 is 6.41. The first-order valence-electron chi connectivity index (χ1n) is 5.34. The number of hydrogen-bond acceptors (Lipinski definition) is 4. The lowest BCUT2D eigenvalue weighted by molar-refractivity contribution is -0.146. The summed E-state index contributed by atoms with van der Waals surface area (Å²) in [7, 11) is 1.49. The van der Waals surface area contributed by atoms with Crippen molar-refractivity contribution in [3.63, 3.8) is 0 Å². The van der Waals surface area contributed by atoms with Crippen LogP contribution in [0.2, 0.25) is 0 Å². The van der Waals surface area contributed by atoms with E-state index in [0.717, 1.165) is 0 Å². The third-order valence-corrected chi connectivity index (χ3v) is 3.51. The Balaban J connectivity index is 2.69. The SMILES string of the molecule is COc1cc(NC(=O)NC[C@H](O)C(=O)O)c(Br)cc1Br. The van der Waals surface area contributed by atoms with E-state index in [9.17, 15) is 9.59 Å². The van der Waals surface area contributed by atoms with Crippen molar-refractivity contribution in [2.45, 2.75) is 6.10 Å². The molecule has 0 aliphatic carbocycles. The number of aliphatic carboxylic acids is 1. The van der Waals surface area contributed by atoms with Crippen LogP contribution in [0.4, 0.5) is 10.5 Å². The summed E-state index contributed by atoms with van der Waals surface area (Å²) in [6.07, 6.45) is -1.65. The molecule has 1 atom stereocenters. The van der Waals surface area contributed by atoms with Gasteiger partial charge in [-0.25, -0.2) is 9.59 Å². The second-order valence-corrected chi connectivity index (χ2v) is 5.36. The van der Waals surface area contributed by atoms with Crippen LogP contribution in [0, 0.1) is 0 Å². The lowest BCUT2D eigenvalue weighted by Gasteiger charge is -2.12. The number of carbonyl (C=O) groups excluding carboxylic acids is 1. The predicted octanol–water partition coefficient (Wildman–Crippen LogP) is 1.79. The molecule has 4 N–H and O–H groups in total. The van der Waals surface area contributed by atoms with Crippen molar-refractivity contribution in [1.29, 1.82) is 0 Å². The molecular formula is C11H12Br2N2O5. The predicted molar refractivity (Wildman–Crippen MR) is 79.1 cm³/mol. The van der Waals surface area contributed by atoms with E-state index in [0.29, 0.717) is 20.4 Å². The maximum Gasteiger partial charge on any atom is 0.334 e. The number of rotatable bonds is 5. The minimum atomic E-state index is -1.65. The quantitative estimate of drug-likeness (QED) is 0.590.